The SMILES string of the molecule is Cc1ccc(CN2CCN(Cc3cc4ccccc4[nH]3)C[C@@H]2CCO)cc1. The summed E-state index contributed by atoms with van der Waals surface area (Å²) in [4.78, 5) is 8.58. The van der Waals surface area contributed by atoms with E-state index < -0.39 is 0 Å². The van der Waals surface area contributed by atoms with Crippen molar-refractivity contribution in [1.82, 2.24) is 14.8 Å². The van der Waals surface area contributed by atoms with Crippen molar-refractivity contribution in [2.24, 2.45) is 0 Å². The molecule has 4 rings (SSSR count). The summed E-state index contributed by atoms with van der Waals surface area (Å²) in [5, 5.41) is 10.8. The first-order valence-corrected chi connectivity index (χ1v) is 9.91. The lowest BCUT2D eigenvalue weighted by atomic mass is 10.1. The number of nitrogens with one attached hydrogen (secondary N) is 1. The second kappa shape index (κ2) is 8.26. The lowest BCUT2D eigenvalue weighted by molar-refractivity contribution is 0.0495. The molecule has 27 heavy (non-hydrogen) atoms. The van der Waals surface area contributed by atoms with Crippen molar-refractivity contribution in [2.75, 3.05) is 26.2 Å². The minimum atomic E-state index is 0.245. The number of nitrogens with zero attached hydrogens (tertiary/aromatic N) is 2. The Bertz CT molecular complexity index is 838. The van der Waals surface area contributed by atoms with Gasteiger partial charge in [-0.25, -0.2) is 0 Å². The van der Waals surface area contributed by atoms with Crippen LogP contribution in [0.1, 0.15) is 23.2 Å². The monoisotopic (exact) mass is 363 g/mol. The van der Waals surface area contributed by atoms with E-state index in [1.807, 2.05) is 0 Å². The summed E-state index contributed by atoms with van der Waals surface area (Å²) >= 11 is 0. The first-order valence-electron chi connectivity index (χ1n) is 9.91. The Hall–Kier alpha value is -2.14. The lowest BCUT2D eigenvalue weighted by Gasteiger charge is -2.41. The summed E-state index contributed by atoms with van der Waals surface area (Å²) in [5.74, 6) is 0. The fourth-order valence-corrected chi connectivity index (χ4v) is 4.12. The van der Waals surface area contributed by atoms with E-state index in [-0.39, 0.29) is 6.61 Å². The number of aryl methyl sites for hydroxylation is 1. The molecule has 0 unspecified atom stereocenters. The third-order valence-corrected chi connectivity index (χ3v) is 5.64. The van der Waals surface area contributed by atoms with Crippen molar-refractivity contribution in [2.45, 2.75) is 32.5 Å². The molecule has 142 valence electrons. The number of hydrogen-bond donors (Lipinski definition) is 2. The molecule has 2 N–H and O–H groups in total. The number of aliphatic hydroxyl groups excluding tert-OH is 1. The van der Waals surface area contributed by atoms with Gasteiger partial charge in [0.25, 0.3) is 0 Å². The number of rotatable bonds is 6. The van der Waals surface area contributed by atoms with E-state index in [4.69, 9.17) is 0 Å². The largest absolute Gasteiger partial charge is 0.396 e. The summed E-state index contributed by atoms with van der Waals surface area (Å²) < 4.78 is 0. The molecular weight excluding hydrogens is 334 g/mol. The number of piperazine rings is 1. The van der Waals surface area contributed by atoms with Crippen LogP contribution >= 0.6 is 0 Å². The second-order valence-electron chi connectivity index (χ2n) is 7.74. The van der Waals surface area contributed by atoms with Gasteiger partial charge in [-0.05, 0) is 36.4 Å². The van der Waals surface area contributed by atoms with Crippen LogP contribution in [0.3, 0.4) is 0 Å². The van der Waals surface area contributed by atoms with Gasteiger partial charge < -0.3 is 10.1 Å². The van der Waals surface area contributed by atoms with Gasteiger partial charge in [-0.15, -0.1) is 0 Å². The fourth-order valence-electron chi connectivity index (χ4n) is 4.12. The Morgan fingerprint density at radius 1 is 1.04 bits per heavy atom. The lowest BCUT2D eigenvalue weighted by Crippen LogP contribution is -2.52. The van der Waals surface area contributed by atoms with Crippen molar-refractivity contribution >= 4 is 10.9 Å². The van der Waals surface area contributed by atoms with Gasteiger partial charge in [0.1, 0.15) is 0 Å². The summed E-state index contributed by atoms with van der Waals surface area (Å²) in [6, 6.07) is 19.9. The van der Waals surface area contributed by atoms with Gasteiger partial charge >= 0.3 is 0 Å². The van der Waals surface area contributed by atoms with E-state index in [0.29, 0.717) is 6.04 Å². The van der Waals surface area contributed by atoms with E-state index in [0.717, 1.165) is 39.1 Å². The molecule has 4 nitrogen and oxygen atoms in total. The van der Waals surface area contributed by atoms with Gasteiger partial charge in [-0.2, -0.15) is 0 Å². The average molecular weight is 364 g/mol. The molecule has 1 aliphatic heterocycles. The first-order chi connectivity index (χ1) is 13.2. The van der Waals surface area contributed by atoms with Gasteiger partial charge in [-0.3, -0.25) is 9.80 Å². The average Bonchev–Trinajstić information content (AvgIpc) is 3.08. The van der Waals surface area contributed by atoms with Crippen LogP contribution in [0.2, 0.25) is 0 Å². The molecule has 0 saturated carbocycles. The number of para-hydroxylation sites is 1. The molecule has 4 heteroatoms. The number of hydrogen-bond acceptors (Lipinski definition) is 3. The number of fused-ring (bicyclic) bond motifs is 1. The molecule has 1 aromatic heterocycles. The standard InChI is InChI=1S/C23H29N3O/c1-18-6-8-19(9-7-18)15-26-12-11-25(17-22(26)10-13-27)16-21-14-20-4-2-3-5-23(20)24-21/h2-9,14,22,24,27H,10-13,15-17H2,1H3/t22-/m0/s1. The maximum atomic E-state index is 9.56. The smallest absolute Gasteiger partial charge is 0.0456 e. The molecule has 1 saturated heterocycles. The van der Waals surface area contributed by atoms with Crippen LogP contribution in [0.15, 0.2) is 54.6 Å². The fraction of sp³-hybridized carbons (Fsp3) is 0.391. The Balaban J connectivity index is 1.41. The predicted molar refractivity (Wildman–Crippen MR) is 111 cm³/mol. The van der Waals surface area contributed by atoms with Crippen LogP contribution in [-0.4, -0.2) is 52.2 Å². The molecule has 0 radical (unpaired) electrons. The van der Waals surface area contributed by atoms with Gasteiger partial charge in [0, 0.05) is 56.6 Å². The van der Waals surface area contributed by atoms with Crippen LogP contribution in [-0.2, 0) is 13.1 Å². The Morgan fingerprint density at radius 3 is 2.63 bits per heavy atom. The number of aromatic nitrogens is 1. The molecule has 1 fully saturated rings. The minimum absolute atomic E-state index is 0.245. The summed E-state index contributed by atoms with van der Waals surface area (Å²) in [6.45, 7) is 7.38. The highest BCUT2D eigenvalue weighted by atomic mass is 16.3. The maximum Gasteiger partial charge on any atom is 0.0456 e. The molecule has 3 aromatic rings. The first kappa shape index (κ1) is 18.2. The summed E-state index contributed by atoms with van der Waals surface area (Å²) in [5.41, 5.74) is 5.13. The molecule has 0 bridgehead atoms. The Labute approximate surface area is 161 Å². The third kappa shape index (κ3) is 4.41. The maximum absolute atomic E-state index is 9.56. The number of aromatic amines is 1. The number of benzene rings is 2. The molecule has 0 aliphatic carbocycles. The quantitative estimate of drug-likeness (QED) is 0.704. The van der Waals surface area contributed by atoms with Gasteiger partial charge in [0.15, 0.2) is 0 Å². The molecule has 0 spiro atoms. The van der Waals surface area contributed by atoms with Crippen LogP contribution in [0.4, 0.5) is 0 Å². The Morgan fingerprint density at radius 2 is 1.85 bits per heavy atom. The van der Waals surface area contributed by atoms with Crippen LogP contribution in [0, 0.1) is 6.92 Å². The zero-order chi connectivity index (χ0) is 18.6. The van der Waals surface area contributed by atoms with Crippen LogP contribution in [0.25, 0.3) is 10.9 Å². The zero-order valence-electron chi connectivity index (χ0n) is 16.1. The van der Waals surface area contributed by atoms with E-state index in [1.165, 1.54) is 27.7 Å². The minimum Gasteiger partial charge on any atom is -0.396 e. The summed E-state index contributed by atoms with van der Waals surface area (Å²) in [6.07, 6.45) is 0.828. The molecule has 2 aromatic carbocycles. The van der Waals surface area contributed by atoms with E-state index >= 15 is 0 Å². The normalized spacial score (nSPS) is 19.0. The van der Waals surface area contributed by atoms with E-state index in [1.54, 1.807) is 0 Å². The molecule has 1 aliphatic rings. The van der Waals surface area contributed by atoms with Gasteiger partial charge in [0.05, 0.1) is 0 Å². The van der Waals surface area contributed by atoms with Crippen LogP contribution in [0.5, 0.6) is 0 Å². The van der Waals surface area contributed by atoms with Crippen molar-refractivity contribution in [3.05, 3.63) is 71.4 Å². The highest BCUT2D eigenvalue weighted by molar-refractivity contribution is 5.80. The molecule has 2 heterocycles. The van der Waals surface area contributed by atoms with E-state index in [9.17, 15) is 5.11 Å². The molecule has 0 amide bonds. The highest BCUT2D eigenvalue weighted by Crippen LogP contribution is 2.20. The Kier molecular flexibility index (Phi) is 5.58. The zero-order valence-corrected chi connectivity index (χ0v) is 16.1. The molecular formula is C23H29N3O. The number of aliphatic hydroxyl groups is 1. The van der Waals surface area contributed by atoms with Crippen molar-refractivity contribution < 1.29 is 5.11 Å². The van der Waals surface area contributed by atoms with Crippen molar-refractivity contribution in [3.8, 4) is 0 Å². The topological polar surface area (TPSA) is 42.5 Å². The second-order valence-corrected chi connectivity index (χ2v) is 7.74. The summed E-state index contributed by atoms with van der Waals surface area (Å²) in [7, 11) is 0. The van der Waals surface area contributed by atoms with Crippen molar-refractivity contribution in [1.29, 1.82) is 0 Å². The third-order valence-electron chi connectivity index (χ3n) is 5.64. The van der Waals surface area contributed by atoms with E-state index in [2.05, 4.69) is 76.3 Å². The van der Waals surface area contributed by atoms with Crippen LogP contribution < -0.4 is 0 Å². The van der Waals surface area contributed by atoms with Gasteiger partial charge in [0.2, 0.25) is 0 Å². The van der Waals surface area contributed by atoms with Gasteiger partial charge in [-0.1, -0.05) is 48.0 Å². The highest BCUT2D eigenvalue weighted by Gasteiger charge is 2.26. The molecule has 1 atom stereocenters. The predicted octanol–water partition coefficient (Wildman–Crippen LogP) is 3.55. The van der Waals surface area contributed by atoms with Crippen molar-refractivity contribution in [3.63, 3.8) is 0 Å². The number of H-pyrrole nitrogens is 1.